The minimum Gasteiger partial charge on any atom is -0.493 e. The van der Waals surface area contributed by atoms with E-state index in [1.165, 1.54) is 0 Å². The summed E-state index contributed by atoms with van der Waals surface area (Å²) in [4.78, 5) is 10.9. The summed E-state index contributed by atoms with van der Waals surface area (Å²) < 4.78 is 10.4. The van der Waals surface area contributed by atoms with Crippen molar-refractivity contribution in [2.24, 2.45) is 11.8 Å². The zero-order valence-corrected chi connectivity index (χ0v) is 11.3. The van der Waals surface area contributed by atoms with Gasteiger partial charge in [0.05, 0.1) is 20.1 Å². The SMILES string of the molecule is COc1ccc(CC(C)C(C)C(=O)O)cc1OC. The molecular weight excluding hydrogens is 232 g/mol. The highest BCUT2D eigenvalue weighted by Gasteiger charge is 2.20. The van der Waals surface area contributed by atoms with Gasteiger partial charge in [-0.2, -0.15) is 0 Å². The topological polar surface area (TPSA) is 55.8 Å². The highest BCUT2D eigenvalue weighted by molar-refractivity contribution is 5.69. The van der Waals surface area contributed by atoms with Gasteiger partial charge in [0.25, 0.3) is 0 Å². The fourth-order valence-corrected chi connectivity index (χ4v) is 1.80. The first-order valence-electron chi connectivity index (χ1n) is 5.93. The molecule has 0 amide bonds. The quantitative estimate of drug-likeness (QED) is 0.845. The molecule has 1 aromatic carbocycles. The molecule has 1 N–H and O–H groups in total. The number of methoxy groups -OCH3 is 2. The lowest BCUT2D eigenvalue weighted by molar-refractivity contribution is -0.142. The number of carboxylic acid groups (broad SMARTS) is 1. The van der Waals surface area contributed by atoms with Gasteiger partial charge in [-0.15, -0.1) is 0 Å². The van der Waals surface area contributed by atoms with Crippen molar-refractivity contribution >= 4 is 5.97 Å². The molecule has 2 unspecified atom stereocenters. The van der Waals surface area contributed by atoms with E-state index in [1.807, 2.05) is 25.1 Å². The third-order valence-electron chi connectivity index (χ3n) is 3.25. The molecule has 0 aliphatic rings. The predicted octanol–water partition coefficient (Wildman–Crippen LogP) is 2.60. The van der Waals surface area contributed by atoms with E-state index in [0.29, 0.717) is 17.9 Å². The van der Waals surface area contributed by atoms with Crippen molar-refractivity contribution in [3.8, 4) is 11.5 Å². The first-order valence-corrected chi connectivity index (χ1v) is 5.93. The van der Waals surface area contributed by atoms with Crippen LogP contribution in [-0.4, -0.2) is 25.3 Å². The number of hydrogen-bond acceptors (Lipinski definition) is 3. The molecule has 0 fully saturated rings. The fourth-order valence-electron chi connectivity index (χ4n) is 1.80. The average Bonchev–Trinajstić information content (AvgIpc) is 2.37. The molecule has 18 heavy (non-hydrogen) atoms. The van der Waals surface area contributed by atoms with Crippen LogP contribution in [0.3, 0.4) is 0 Å². The van der Waals surface area contributed by atoms with Crippen LogP contribution in [0.2, 0.25) is 0 Å². The van der Waals surface area contributed by atoms with Crippen LogP contribution in [0, 0.1) is 11.8 Å². The molecule has 0 saturated heterocycles. The smallest absolute Gasteiger partial charge is 0.306 e. The molecular formula is C14H20O4. The normalized spacial score (nSPS) is 13.8. The van der Waals surface area contributed by atoms with Crippen molar-refractivity contribution in [1.29, 1.82) is 0 Å². The van der Waals surface area contributed by atoms with Crippen molar-refractivity contribution in [2.75, 3.05) is 14.2 Å². The van der Waals surface area contributed by atoms with Crippen molar-refractivity contribution in [2.45, 2.75) is 20.3 Å². The Morgan fingerprint density at radius 2 is 1.83 bits per heavy atom. The number of hydrogen-bond donors (Lipinski definition) is 1. The standard InChI is InChI=1S/C14H20O4/c1-9(10(2)14(15)16)7-11-5-6-12(17-3)13(8-11)18-4/h5-6,8-10H,7H2,1-4H3,(H,15,16). The van der Waals surface area contributed by atoms with Crippen LogP contribution in [0.1, 0.15) is 19.4 Å². The van der Waals surface area contributed by atoms with Crippen LogP contribution in [0.5, 0.6) is 11.5 Å². The van der Waals surface area contributed by atoms with Crippen molar-refractivity contribution in [3.05, 3.63) is 23.8 Å². The summed E-state index contributed by atoms with van der Waals surface area (Å²) in [7, 11) is 3.18. The first kappa shape index (κ1) is 14.4. The minimum atomic E-state index is -0.761. The van der Waals surface area contributed by atoms with Gasteiger partial charge in [0.15, 0.2) is 11.5 Å². The molecule has 0 radical (unpaired) electrons. The summed E-state index contributed by atoms with van der Waals surface area (Å²) in [5, 5.41) is 8.97. The fraction of sp³-hybridized carbons (Fsp3) is 0.500. The third-order valence-corrected chi connectivity index (χ3v) is 3.25. The van der Waals surface area contributed by atoms with Gasteiger partial charge in [-0.05, 0) is 30.0 Å². The van der Waals surface area contributed by atoms with Gasteiger partial charge < -0.3 is 14.6 Å². The second kappa shape index (κ2) is 6.28. The second-order valence-electron chi connectivity index (χ2n) is 4.50. The van der Waals surface area contributed by atoms with Crippen LogP contribution >= 0.6 is 0 Å². The highest BCUT2D eigenvalue weighted by Crippen LogP contribution is 2.29. The monoisotopic (exact) mass is 252 g/mol. The van der Waals surface area contributed by atoms with E-state index in [9.17, 15) is 4.79 Å². The molecule has 0 aliphatic heterocycles. The number of carboxylic acids is 1. The lowest BCUT2D eigenvalue weighted by Gasteiger charge is -2.17. The maximum atomic E-state index is 10.9. The van der Waals surface area contributed by atoms with Crippen LogP contribution < -0.4 is 9.47 Å². The number of benzene rings is 1. The molecule has 0 spiro atoms. The Morgan fingerprint density at radius 1 is 1.22 bits per heavy atom. The Bertz CT molecular complexity index is 414. The predicted molar refractivity (Wildman–Crippen MR) is 69.2 cm³/mol. The Balaban J connectivity index is 2.82. The van der Waals surface area contributed by atoms with Crippen LogP contribution in [0.15, 0.2) is 18.2 Å². The van der Waals surface area contributed by atoms with E-state index >= 15 is 0 Å². The molecule has 1 rings (SSSR count). The minimum absolute atomic E-state index is 0.0700. The van der Waals surface area contributed by atoms with E-state index in [0.717, 1.165) is 5.56 Å². The van der Waals surface area contributed by atoms with E-state index in [1.54, 1.807) is 21.1 Å². The van der Waals surface area contributed by atoms with Crippen LogP contribution in [0.4, 0.5) is 0 Å². The average molecular weight is 252 g/mol. The van der Waals surface area contributed by atoms with E-state index in [-0.39, 0.29) is 11.8 Å². The molecule has 4 nitrogen and oxygen atoms in total. The Morgan fingerprint density at radius 3 is 2.33 bits per heavy atom. The lowest BCUT2D eigenvalue weighted by atomic mass is 9.90. The number of ether oxygens (including phenoxy) is 2. The van der Waals surface area contributed by atoms with Gasteiger partial charge >= 0.3 is 5.97 Å². The van der Waals surface area contributed by atoms with Crippen LogP contribution in [-0.2, 0) is 11.2 Å². The summed E-state index contributed by atoms with van der Waals surface area (Å²) >= 11 is 0. The van der Waals surface area contributed by atoms with Crippen molar-refractivity contribution < 1.29 is 19.4 Å². The van der Waals surface area contributed by atoms with Gasteiger partial charge in [0.1, 0.15) is 0 Å². The van der Waals surface area contributed by atoms with Gasteiger partial charge in [-0.3, -0.25) is 4.79 Å². The maximum Gasteiger partial charge on any atom is 0.306 e. The summed E-state index contributed by atoms with van der Waals surface area (Å²) in [5.41, 5.74) is 1.05. The largest absolute Gasteiger partial charge is 0.493 e. The number of aliphatic carboxylic acids is 1. The van der Waals surface area contributed by atoms with Gasteiger partial charge in [-0.25, -0.2) is 0 Å². The Labute approximate surface area is 108 Å². The molecule has 0 heterocycles. The zero-order chi connectivity index (χ0) is 13.7. The highest BCUT2D eigenvalue weighted by atomic mass is 16.5. The molecule has 0 bridgehead atoms. The zero-order valence-electron chi connectivity index (χ0n) is 11.3. The molecule has 0 aromatic heterocycles. The first-order chi connectivity index (χ1) is 8.49. The van der Waals surface area contributed by atoms with E-state index in [4.69, 9.17) is 14.6 Å². The second-order valence-corrected chi connectivity index (χ2v) is 4.50. The lowest BCUT2D eigenvalue weighted by Crippen LogP contribution is -2.19. The van der Waals surface area contributed by atoms with Gasteiger partial charge in [0.2, 0.25) is 0 Å². The Kier molecular flexibility index (Phi) is 5.01. The van der Waals surface area contributed by atoms with E-state index < -0.39 is 5.97 Å². The summed E-state index contributed by atoms with van der Waals surface area (Å²) in [5.74, 6) is 0.298. The van der Waals surface area contributed by atoms with Crippen LogP contribution in [0.25, 0.3) is 0 Å². The summed E-state index contributed by atoms with van der Waals surface area (Å²) in [6.45, 7) is 3.67. The van der Waals surface area contributed by atoms with Gasteiger partial charge in [-0.1, -0.05) is 19.9 Å². The Hall–Kier alpha value is -1.71. The summed E-state index contributed by atoms with van der Waals surface area (Å²) in [6.07, 6.45) is 0.702. The molecule has 2 atom stereocenters. The van der Waals surface area contributed by atoms with Crippen molar-refractivity contribution in [1.82, 2.24) is 0 Å². The maximum absolute atomic E-state index is 10.9. The molecule has 4 heteroatoms. The summed E-state index contributed by atoms with van der Waals surface area (Å²) in [6, 6.07) is 5.67. The third kappa shape index (κ3) is 3.39. The van der Waals surface area contributed by atoms with Gasteiger partial charge in [0, 0.05) is 0 Å². The number of carbonyl (C=O) groups is 1. The molecule has 0 aliphatic carbocycles. The molecule has 100 valence electrons. The molecule has 0 saturated carbocycles. The number of rotatable bonds is 6. The van der Waals surface area contributed by atoms with E-state index in [2.05, 4.69) is 0 Å². The molecule has 1 aromatic rings. The van der Waals surface area contributed by atoms with Crippen molar-refractivity contribution in [3.63, 3.8) is 0 Å².